The van der Waals surface area contributed by atoms with Crippen molar-refractivity contribution < 1.29 is 0 Å². The van der Waals surface area contributed by atoms with E-state index in [4.69, 9.17) is 0 Å². The lowest BCUT2D eigenvalue weighted by atomic mass is 10.2. The summed E-state index contributed by atoms with van der Waals surface area (Å²) in [7, 11) is 2.16. The van der Waals surface area contributed by atoms with Crippen LogP contribution in [0.2, 0.25) is 0 Å². The van der Waals surface area contributed by atoms with E-state index in [1.807, 2.05) is 0 Å². The predicted octanol–water partition coefficient (Wildman–Crippen LogP) is 4.97. The van der Waals surface area contributed by atoms with Crippen LogP contribution in [0.15, 0.2) is 22.7 Å². The molecule has 1 aromatic carbocycles. The molecule has 1 nitrogen and oxygen atoms in total. The van der Waals surface area contributed by atoms with Crippen LogP contribution < -0.4 is 4.90 Å². The number of nitrogens with zero attached hydrogens (tertiary/aromatic N) is 1. The summed E-state index contributed by atoms with van der Waals surface area (Å²) in [6.45, 7) is 3.37. The van der Waals surface area contributed by atoms with Crippen molar-refractivity contribution in [3.63, 3.8) is 0 Å². The Hall–Kier alpha value is -0.0200. The molecular weight excluding hydrogens is 330 g/mol. The minimum atomic E-state index is 0.896. The third-order valence-corrected chi connectivity index (χ3v) is 4.06. The first-order valence-corrected chi connectivity index (χ1v) is 7.66. The summed E-state index contributed by atoms with van der Waals surface area (Å²) in [6.07, 6.45) is 3.86. The van der Waals surface area contributed by atoms with Gasteiger partial charge in [-0.05, 0) is 24.1 Å². The minimum absolute atomic E-state index is 0.896. The molecule has 0 saturated carbocycles. The molecule has 1 rings (SSSR count). The Morgan fingerprint density at radius 1 is 1.25 bits per heavy atom. The van der Waals surface area contributed by atoms with Gasteiger partial charge >= 0.3 is 0 Å². The molecule has 0 unspecified atom stereocenters. The number of rotatable bonds is 6. The van der Waals surface area contributed by atoms with Gasteiger partial charge in [0.25, 0.3) is 0 Å². The molecule has 0 aliphatic carbocycles. The van der Waals surface area contributed by atoms with Crippen LogP contribution in [0.4, 0.5) is 5.69 Å². The van der Waals surface area contributed by atoms with Gasteiger partial charge in [0, 0.05) is 29.1 Å². The smallest absolute Gasteiger partial charge is 0.0375 e. The summed E-state index contributed by atoms with van der Waals surface area (Å²) in [5.74, 6) is 0. The first-order valence-electron chi connectivity index (χ1n) is 5.74. The van der Waals surface area contributed by atoms with Crippen molar-refractivity contribution in [3.8, 4) is 0 Å². The highest BCUT2D eigenvalue weighted by molar-refractivity contribution is 9.10. The van der Waals surface area contributed by atoms with Crippen molar-refractivity contribution in [2.45, 2.75) is 31.5 Å². The molecule has 0 bridgehead atoms. The van der Waals surface area contributed by atoms with Gasteiger partial charge in [-0.2, -0.15) is 0 Å². The monoisotopic (exact) mass is 347 g/mol. The molecule has 16 heavy (non-hydrogen) atoms. The highest BCUT2D eigenvalue weighted by atomic mass is 79.9. The summed E-state index contributed by atoms with van der Waals surface area (Å²) in [5, 5.41) is 0.896. The summed E-state index contributed by atoms with van der Waals surface area (Å²) >= 11 is 7.08. The minimum Gasteiger partial charge on any atom is -0.375 e. The van der Waals surface area contributed by atoms with Crippen LogP contribution in [0.25, 0.3) is 0 Å². The Balaban J connectivity index is 2.62. The van der Waals surface area contributed by atoms with Gasteiger partial charge in [0.2, 0.25) is 0 Å². The van der Waals surface area contributed by atoms with E-state index in [0.29, 0.717) is 0 Å². The fourth-order valence-electron chi connectivity index (χ4n) is 1.61. The van der Waals surface area contributed by atoms with E-state index in [9.17, 15) is 0 Å². The van der Waals surface area contributed by atoms with Crippen LogP contribution >= 0.6 is 31.9 Å². The molecule has 0 N–H and O–H groups in total. The molecule has 3 heteroatoms. The summed E-state index contributed by atoms with van der Waals surface area (Å²) < 4.78 is 1.18. The van der Waals surface area contributed by atoms with Crippen molar-refractivity contribution in [2.24, 2.45) is 0 Å². The fraction of sp³-hybridized carbons (Fsp3) is 0.538. The van der Waals surface area contributed by atoms with Gasteiger partial charge in [0.05, 0.1) is 0 Å². The Morgan fingerprint density at radius 2 is 2.00 bits per heavy atom. The van der Waals surface area contributed by atoms with Crippen LogP contribution in [0.1, 0.15) is 31.7 Å². The average molecular weight is 349 g/mol. The number of unbranched alkanes of at least 4 members (excludes halogenated alkanes) is 2. The van der Waals surface area contributed by atoms with Gasteiger partial charge < -0.3 is 4.90 Å². The molecule has 0 radical (unpaired) electrons. The van der Waals surface area contributed by atoms with Crippen molar-refractivity contribution in [3.05, 3.63) is 28.2 Å². The zero-order valence-electron chi connectivity index (χ0n) is 9.97. The van der Waals surface area contributed by atoms with Gasteiger partial charge in [-0.15, -0.1) is 0 Å². The number of alkyl halides is 1. The highest BCUT2D eigenvalue weighted by Gasteiger charge is 2.04. The molecule has 0 aliphatic heterocycles. The molecule has 0 heterocycles. The van der Waals surface area contributed by atoms with Crippen molar-refractivity contribution >= 4 is 37.5 Å². The number of anilines is 1. The van der Waals surface area contributed by atoms with Gasteiger partial charge in [-0.1, -0.05) is 57.7 Å². The zero-order chi connectivity index (χ0) is 12.0. The standard InChI is InChI=1S/C13H19Br2N/c1-3-4-5-8-16(2)12-7-6-11(10-14)13(15)9-12/h6-7,9H,3-5,8,10H2,1-2H3. The summed E-state index contributed by atoms with van der Waals surface area (Å²) in [6, 6.07) is 6.56. The van der Waals surface area contributed by atoms with E-state index in [1.54, 1.807) is 0 Å². The maximum Gasteiger partial charge on any atom is 0.0375 e. The topological polar surface area (TPSA) is 3.24 Å². The van der Waals surface area contributed by atoms with E-state index in [0.717, 1.165) is 11.9 Å². The number of benzene rings is 1. The normalized spacial score (nSPS) is 10.5. The van der Waals surface area contributed by atoms with Gasteiger partial charge in [-0.3, -0.25) is 0 Å². The van der Waals surface area contributed by atoms with Crippen molar-refractivity contribution in [1.29, 1.82) is 0 Å². The number of halogens is 2. The van der Waals surface area contributed by atoms with Crippen molar-refractivity contribution in [1.82, 2.24) is 0 Å². The lowest BCUT2D eigenvalue weighted by Gasteiger charge is -2.20. The second-order valence-electron chi connectivity index (χ2n) is 4.04. The maximum absolute atomic E-state index is 3.60. The molecular formula is C13H19Br2N. The predicted molar refractivity (Wildman–Crippen MR) is 79.6 cm³/mol. The molecule has 90 valence electrons. The number of hydrogen-bond donors (Lipinski definition) is 0. The van der Waals surface area contributed by atoms with Crippen LogP contribution in [0, 0.1) is 0 Å². The maximum atomic E-state index is 3.60. The summed E-state index contributed by atoms with van der Waals surface area (Å²) in [5.41, 5.74) is 2.58. The van der Waals surface area contributed by atoms with E-state index in [1.165, 1.54) is 35.0 Å². The second-order valence-corrected chi connectivity index (χ2v) is 5.45. The molecule has 0 aromatic heterocycles. The van der Waals surface area contributed by atoms with E-state index in [-0.39, 0.29) is 0 Å². The Kier molecular flexibility index (Phi) is 6.44. The largest absolute Gasteiger partial charge is 0.375 e. The first kappa shape index (κ1) is 14.0. The third kappa shape index (κ3) is 4.10. The van der Waals surface area contributed by atoms with Crippen LogP contribution in [-0.4, -0.2) is 13.6 Å². The molecule has 0 atom stereocenters. The number of hydrogen-bond acceptors (Lipinski definition) is 1. The second kappa shape index (κ2) is 7.33. The molecule has 1 aromatic rings. The Bertz CT molecular complexity index is 326. The van der Waals surface area contributed by atoms with Crippen LogP contribution in [0.5, 0.6) is 0 Å². The van der Waals surface area contributed by atoms with Gasteiger partial charge in [0.15, 0.2) is 0 Å². The van der Waals surface area contributed by atoms with Crippen LogP contribution in [0.3, 0.4) is 0 Å². The van der Waals surface area contributed by atoms with E-state index in [2.05, 4.69) is 68.9 Å². The molecule has 0 aliphatic rings. The van der Waals surface area contributed by atoms with Gasteiger partial charge in [0.1, 0.15) is 0 Å². The molecule has 0 spiro atoms. The lowest BCUT2D eigenvalue weighted by molar-refractivity contribution is 0.705. The molecule has 0 fully saturated rings. The van der Waals surface area contributed by atoms with Crippen molar-refractivity contribution in [2.75, 3.05) is 18.5 Å². The Morgan fingerprint density at radius 3 is 2.56 bits per heavy atom. The molecule has 0 amide bonds. The SMILES string of the molecule is CCCCCN(C)c1ccc(CBr)c(Br)c1. The zero-order valence-corrected chi connectivity index (χ0v) is 13.1. The Labute approximate surface area is 115 Å². The van der Waals surface area contributed by atoms with E-state index >= 15 is 0 Å². The highest BCUT2D eigenvalue weighted by Crippen LogP contribution is 2.25. The van der Waals surface area contributed by atoms with E-state index < -0.39 is 0 Å². The first-order chi connectivity index (χ1) is 7.69. The average Bonchev–Trinajstić information content (AvgIpc) is 2.29. The van der Waals surface area contributed by atoms with Crippen LogP contribution in [-0.2, 0) is 5.33 Å². The lowest BCUT2D eigenvalue weighted by Crippen LogP contribution is -2.18. The summed E-state index contributed by atoms with van der Waals surface area (Å²) in [4.78, 5) is 2.32. The quantitative estimate of drug-likeness (QED) is 0.518. The molecule has 0 saturated heterocycles. The van der Waals surface area contributed by atoms with Gasteiger partial charge in [-0.25, -0.2) is 0 Å². The third-order valence-electron chi connectivity index (χ3n) is 2.72. The fourth-order valence-corrected chi connectivity index (χ4v) is 2.98.